The summed E-state index contributed by atoms with van der Waals surface area (Å²) in [7, 11) is 0. The smallest absolute Gasteiger partial charge is 0.175 e. The Hall–Kier alpha value is -2.15. The van der Waals surface area contributed by atoms with Gasteiger partial charge in [-0.3, -0.25) is 4.68 Å². The van der Waals surface area contributed by atoms with Gasteiger partial charge in [-0.1, -0.05) is 35.3 Å². The molecule has 0 unspecified atom stereocenters. The summed E-state index contributed by atoms with van der Waals surface area (Å²) in [6, 6.07) is 11.5. The van der Waals surface area contributed by atoms with Gasteiger partial charge < -0.3 is 10.6 Å². The van der Waals surface area contributed by atoms with Crippen LogP contribution in [0.1, 0.15) is 17.0 Å². The molecule has 0 amide bonds. The molecule has 0 aliphatic heterocycles. The van der Waals surface area contributed by atoms with Crippen molar-refractivity contribution in [3.63, 3.8) is 0 Å². The third kappa shape index (κ3) is 4.58. The molecule has 0 aliphatic rings. The molecule has 140 valence electrons. The van der Waals surface area contributed by atoms with Gasteiger partial charge in [0.2, 0.25) is 0 Å². The first kappa shape index (κ1) is 19.6. The fourth-order valence-corrected chi connectivity index (χ4v) is 3.44. The van der Waals surface area contributed by atoms with Gasteiger partial charge in [-0.05, 0) is 56.4 Å². The fraction of sp³-hybridized carbons (Fsp3) is 0.158. The van der Waals surface area contributed by atoms with Gasteiger partial charge in [-0.25, -0.2) is 4.39 Å². The second-order valence-corrected chi connectivity index (χ2v) is 7.22. The lowest BCUT2D eigenvalue weighted by Gasteiger charge is -2.12. The molecule has 2 N–H and O–H groups in total. The Morgan fingerprint density at radius 2 is 1.78 bits per heavy atom. The fourth-order valence-electron chi connectivity index (χ4n) is 2.71. The summed E-state index contributed by atoms with van der Waals surface area (Å²) in [5, 5.41) is 12.2. The Kier molecular flexibility index (Phi) is 5.99. The number of nitrogens with zero attached hydrogens (tertiary/aromatic N) is 2. The van der Waals surface area contributed by atoms with Crippen molar-refractivity contribution in [3.8, 4) is 0 Å². The van der Waals surface area contributed by atoms with Crippen molar-refractivity contribution >= 4 is 51.9 Å². The molecule has 0 saturated heterocycles. The summed E-state index contributed by atoms with van der Waals surface area (Å²) >= 11 is 17.9. The van der Waals surface area contributed by atoms with Crippen molar-refractivity contribution in [2.24, 2.45) is 0 Å². The zero-order valence-electron chi connectivity index (χ0n) is 14.7. The van der Waals surface area contributed by atoms with Crippen LogP contribution in [0.25, 0.3) is 0 Å². The Morgan fingerprint density at radius 3 is 2.44 bits per heavy atom. The van der Waals surface area contributed by atoms with Crippen molar-refractivity contribution in [1.82, 2.24) is 9.78 Å². The van der Waals surface area contributed by atoms with E-state index in [1.807, 2.05) is 18.5 Å². The van der Waals surface area contributed by atoms with Gasteiger partial charge in [0.1, 0.15) is 5.82 Å². The van der Waals surface area contributed by atoms with Crippen molar-refractivity contribution in [3.05, 3.63) is 75.3 Å². The van der Waals surface area contributed by atoms with Crippen LogP contribution in [0.3, 0.4) is 0 Å². The minimum absolute atomic E-state index is 0.334. The maximum absolute atomic E-state index is 13.3. The first-order valence-corrected chi connectivity index (χ1v) is 9.32. The van der Waals surface area contributed by atoms with E-state index in [1.54, 1.807) is 30.3 Å². The van der Waals surface area contributed by atoms with Crippen LogP contribution in [0.2, 0.25) is 10.0 Å². The maximum Gasteiger partial charge on any atom is 0.175 e. The Labute approximate surface area is 172 Å². The van der Waals surface area contributed by atoms with Crippen LogP contribution in [0.5, 0.6) is 0 Å². The van der Waals surface area contributed by atoms with Gasteiger partial charge in [-0.15, -0.1) is 0 Å². The standard InChI is InChI=1S/C19H17Cl2FN4S/c1-11-18(24-19(27)23-14-6-3-5-13(22)9-14)12(2)26(25-11)10-15-16(20)7-4-8-17(15)21/h3-9H,10H2,1-2H3,(H2,23,24,27). The summed E-state index contributed by atoms with van der Waals surface area (Å²) < 4.78 is 15.1. The van der Waals surface area contributed by atoms with Crippen LogP contribution in [-0.4, -0.2) is 14.9 Å². The Balaban J connectivity index is 1.78. The third-order valence-corrected chi connectivity index (χ3v) is 4.98. The summed E-state index contributed by atoms with van der Waals surface area (Å²) in [6.07, 6.45) is 0. The van der Waals surface area contributed by atoms with Gasteiger partial charge in [-0.2, -0.15) is 5.10 Å². The van der Waals surface area contributed by atoms with Gasteiger partial charge in [0, 0.05) is 21.3 Å². The monoisotopic (exact) mass is 422 g/mol. The molecule has 1 aromatic heterocycles. The van der Waals surface area contributed by atoms with Crippen LogP contribution in [0, 0.1) is 19.7 Å². The summed E-state index contributed by atoms with van der Waals surface area (Å²) in [5.41, 5.74) is 3.81. The second-order valence-electron chi connectivity index (χ2n) is 5.99. The lowest BCUT2D eigenvalue weighted by molar-refractivity contribution is 0.628. The molecule has 0 bridgehead atoms. The molecule has 1 heterocycles. The van der Waals surface area contributed by atoms with E-state index in [4.69, 9.17) is 35.4 Å². The van der Waals surface area contributed by atoms with Crippen LogP contribution in [0.15, 0.2) is 42.5 Å². The molecule has 0 aliphatic carbocycles. The number of rotatable bonds is 4. The summed E-state index contributed by atoms with van der Waals surface area (Å²) in [6.45, 7) is 4.25. The van der Waals surface area contributed by atoms with Crippen molar-refractivity contribution in [2.75, 3.05) is 10.6 Å². The first-order valence-electron chi connectivity index (χ1n) is 8.15. The molecular weight excluding hydrogens is 406 g/mol. The molecule has 3 rings (SSSR count). The molecular formula is C19H17Cl2FN4S. The number of hydrogen-bond acceptors (Lipinski definition) is 2. The highest BCUT2D eigenvalue weighted by atomic mass is 35.5. The summed E-state index contributed by atoms with van der Waals surface area (Å²) in [4.78, 5) is 0. The zero-order chi connectivity index (χ0) is 19.6. The van der Waals surface area contributed by atoms with E-state index < -0.39 is 0 Å². The molecule has 0 fully saturated rings. The van der Waals surface area contributed by atoms with Crippen molar-refractivity contribution < 1.29 is 4.39 Å². The number of halogens is 3. The predicted octanol–water partition coefficient (Wildman–Crippen LogP) is 5.80. The normalized spacial score (nSPS) is 10.7. The molecule has 0 radical (unpaired) electrons. The maximum atomic E-state index is 13.3. The number of nitrogens with one attached hydrogen (secondary N) is 2. The molecule has 4 nitrogen and oxygen atoms in total. The number of thiocarbonyl (C=S) groups is 1. The lowest BCUT2D eigenvalue weighted by Crippen LogP contribution is -2.20. The number of anilines is 2. The highest BCUT2D eigenvalue weighted by molar-refractivity contribution is 7.80. The highest BCUT2D eigenvalue weighted by Crippen LogP contribution is 2.27. The predicted molar refractivity (Wildman–Crippen MR) is 114 cm³/mol. The molecule has 0 atom stereocenters. The second kappa shape index (κ2) is 8.25. The van der Waals surface area contributed by atoms with Gasteiger partial charge >= 0.3 is 0 Å². The van der Waals surface area contributed by atoms with Crippen LogP contribution in [-0.2, 0) is 6.54 Å². The van der Waals surface area contributed by atoms with E-state index >= 15 is 0 Å². The lowest BCUT2D eigenvalue weighted by atomic mass is 10.2. The highest BCUT2D eigenvalue weighted by Gasteiger charge is 2.15. The molecule has 0 saturated carbocycles. The average Bonchev–Trinajstić information content (AvgIpc) is 2.86. The average molecular weight is 423 g/mol. The van der Waals surface area contributed by atoms with Gasteiger partial charge in [0.15, 0.2) is 5.11 Å². The summed E-state index contributed by atoms with van der Waals surface area (Å²) in [5.74, 6) is -0.334. The quantitative estimate of drug-likeness (QED) is 0.521. The van der Waals surface area contributed by atoms with E-state index in [2.05, 4.69) is 15.7 Å². The molecule has 2 aromatic carbocycles. The van der Waals surface area contributed by atoms with E-state index in [-0.39, 0.29) is 5.82 Å². The Morgan fingerprint density at radius 1 is 1.11 bits per heavy atom. The van der Waals surface area contributed by atoms with Gasteiger partial charge in [0.05, 0.1) is 23.6 Å². The van der Waals surface area contributed by atoms with Crippen LogP contribution < -0.4 is 10.6 Å². The van der Waals surface area contributed by atoms with Crippen LogP contribution in [0.4, 0.5) is 15.8 Å². The molecule has 0 spiro atoms. The minimum Gasteiger partial charge on any atom is -0.332 e. The Bertz CT molecular complexity index is 983. The van der Waals surface area contributed by atoms with E-state index in [9.17, 15) is 4.39 Å². The van der Waals surface area contributed by atoms with E-state index in [0.29, 0.717) is 27.4 Å². The van der Waals surface area contributed by atoms with Crippen molar-refractivity contribution in [1.29, 1.82) is 0 Å². The molecule has 8 heteroatoms. The topological polar surface area (TPSA) is 41.9 Å². The largest absolute Gasteiger partial charge is 0.332 e. The number of benzene rings is 2. The zero-order valence-corrected chi connectivity index (χ0v) is 17.0. The number of hydrogen-bond donors (Lipinski definition) is 2. The number of aryl methyl sites for hydroxylation is 1. The van der Waals surface area contributed by atoms with E-state index in [0.717, 1.165) is 22.6 Å². The molecule has 3 aromatic rings. The van der Waals surface area contributed by atoms with Crippen LogP contribution >= 0.6 is 35.4 Å². The third-order valence-electron chi connectivity index (χ3n) is 4.07. The minimum atomic E-state index is -0.334. The van der Waals surface area contributed by atoms with E-state index in [1.165, 1.54) is 12.1 Å². The van der Waals surface area contributed by atoms with Gasteiger partial charge in [0.25, 0.3) is 0 Å². The molecule has 27 heavy (non-hydrogen) atoms. The number of aromatic nitrogens is 2. The first-order chi connectivity index (χ1) is 12.8. The van der Waals surface area contributed by atoms with Crippen molar-refractivity contribution in [2.45, 2.75) is 20.4 Å². The SMILES string of the molecule is Cc1nn(Cc2c(Cl)cccc2Cl)c(C)c1NC(=S)Nc1cccc(F)c1.